The van der Waals surface area contributed by atoms with Crippen LogP contribution in [0.15, 0.2) is 73.7 Å². The van der Waals surface area contributed by atoms with Gasteiger partial charge in [-0.3, -0.25) is 9.69 Å². The van der Waals surface area contributed by atoms with Gasteiger partial charge >= 0.3 is 0 Å². The predicted octanol–water partition coefficient (Wildman–Crippen LogP) is 5.87. The fourth-order valence-electron chi connectivity index (χ4n) is 5.98. The highest BCUT2D eigenvalue weighted by Crippen LogP contribution is 2.42. The van der Waals surface area contributed by atoms with Gasteiger partial charge in [0.2, 0.25) is 5.91 Å². The van der Waals surface area contributed by atoms with Crippen molar-refractivity contribution in [2.24, 2.45) is 5.92 Å². The van der Waals surface area contributed by atoms with E-state index in [9.17, 15) is 4.79 Å². The minimum atomic E-state index is 0.150. The van der Waals surface area contributed by atoms with E-state index >= 15 is 0 Å². The molecule has 40 heavy (non-hydrogen) atoms. The van der Waals surface area contributed by atoms with Gasteiger partial charge in [0.05, 0.1) is 17.6 Å². The number of hydrogen-bond acceptors (Lipinski definition) is 5. The molecule has 1 aliphatic heterocycles. The Morgan fingerprint density at radius 3 is 2.67 bits per heavy atom. The zero-order valence-electron chi connectivity index (χ0n) is 23.0. The summed E-state index contributed by atoms with van der Waals surface area (Å²) in [7, 11) is 0. The lowest BCUT2D eigenvalue weighted by Crippen LogP contribution is -2.43. The number of likely N-dealkylation sites (tertiary alicyclic amines) is 1. The van der Waals surface area contributed by atoms with Crippen molar-refractivity contribution in [3.05, 3.63) is 85.0 Å². The predicted molar refractivity (Wildman–Crippen MR) is 159 cm³/mol. The van der Waals surface area contributed by atoms with Crippen molar-refractivity contribution >= 4 is 23.0 Å². The van der Waals surface area contributed by atoms with Gasteiger partial charge in [-0.1, -0.05) is 55.5 Å². The lowest BCUT2D eigenvalue weighted by atomic mass is 9.80. The van der Waals surface area contributed by atoms with Crippen LogP contribution in [0.2, 0.25) is 0 Å². The molecule has 1 N–H and O–H groups in total. The third kappa shape index (κ3) is 5.80. The van der Waals surface area contributed by atoms with Gasteiger partial charge < -0.3 is 14.6 Å². The lowest BCUT2D eigenvalue weighted by molar-refractivity contribution is -0.122. The van der Waals surface area contributed by atoms with Crippen molar-refractivity contribution in [3.63, 3.8) is 0 Å². The summed E-state index contributed by atoms with van der Waals surface area (Å²) in [6.45, 7) is 7.87. The molecule has 0 atom stereocenters. The molecule has 1 aliphatic carbocycles. The molecule has 1 saturated heterocycles. The summed E-state index contributed by atoms with van der Waals surface area (Å²) < 4.78 is 8.42. The largest absolute Gasteiger partial charge is 0.489 e. The average Bonchev–Trinajstić information content (AvgIpc) is 3.36. The molecular formula is C33H37N5O2. The molecule has 4 aromatic rings. The normalized spacial score (nSPS) is 19.2. The van der Waals surface area contributed by atoms with Crippen LogP contribution in [0.1, 0.15) is 49.4 Å². The number of fused-ring (bicyclic) bond motifs is 1. The van der Waals surface area contributed by atoms with E-state index in [0.717, 1.165) is 71.6 Å². The van der Waals surface area contributed by atoms with Gasteiger partial charge in [-0.15, -0.1) is 0 Å². The summed E-state index contributed by atoms with van der Waals surface area (Å²) in [5, 5.41) is 4.19. The molecule has 2 aromatic heterocycles. The third-order valence-electron chi connectivity index (χ3n) is 8.23. The summed E-state index contributed by atoms with van der Waals surface area (Å²) in [4.78, 5) is 24.0. The van der Waals surface area contributed by atoms with E-state index in [-0.39, 0.29) is 5.91 Å². The standard InChI is InChI=1S/C33H37N5O2/c1-2-30-32-29(26-12-9-13-28(18-26)40-22-24-10-5-3-6-11-24)20-38(33(32)36-23-35-30)27-16-25(17-27)19-34-31(39)21-37-14-7-4-8-15-37/h2-3,5-6,9-13,18,20,23,25,27H,1,4,7-8,14-17,19,21-22H2,(H,34,39). The van der Waals surface area contributed by atoms with Gasteiger partial charge in [-0.2, -0.15) is 0 Å². The molecule has 0 unspecified atom stereocenters. The highest BCUT2D eigenvalue weighted by atomic mass is 16.5. The van der Waals surface area contributed by atoms with E-state index in [2.05, 4.69) is 56.8 Å². The Morgan fingerprint density at radius 2 is 1.88 bits per heavy atom. The number of rotatable bonds is 10. The molecule has 0 radical (unpaired) electrons. The van der Waals surface area contributed by atoms with E-state index < -0.39 is 0 Å². The van der Waals surface area contributed by atoms with E-state index in [1.165, 1.54) is 19.3 Å². The molecule has 0 spiro atoms. The summed E-state index contributed by atoms with van der Waals surface area (Å²) in [6.07, 6.45) is 11.3. The Balaban J connectivity index is 1.16. The molecule has 206 valence electrons. The van der Waals surface area contributed by atoms with Crippen molar-refractivity contribution in [2.45, 2.75) is 44.8 Å². The van der Waals surface area contributed by atoms with Crippen LogP contribution in [0.5, 0.6) is 5.75 Å². The maximum atomic E-state index is 12.5. The quantitative estimate of drug-likeness (QED) is 0.275. The molecule has 0 bridgehead atoms. The number of amides is 1. The number of nitrogens with one attached hydrogen (secondary N) is 1. The van der Waals surface area contributed by atoms with Crippen LogP contribution >= 0.6 is 0 Å². The van der Waals surface area contributed by atoms with Crippen LogP contribution < -0.4 is 10.1 Å². The highest BCUT2D eigenvalue weighted by Gasteiger charge is 2.33. The summed E-state index contributed by atoms with van der Waals surface area (Å²) in [6, 6.07) is 18.7. The number of carbonyl (C=O) groups is 1. The van der Waals surface area contributed by atoms with E-state index in [0.29, 0.717) is 25.1 Å². The molecule has 6 rings (SSSR count). The summed E-state index contributed by atoms with van der Waals surface area (Å²) >= 11 is 0. The highest BCUT2D eigenvalue weighted by molar-refractivity contribution is 5.99. The van der Waals surface area contributed by atoms with Crippen LogP contribution in [0, 0.1) is 5.92 Å². The zero-order chi connectivity index (χ0) is 27.3. The lowest BCUT2D eigenvalue weighted by Gasteiger charge is -2.37. The second-order valence-corrected chi connectivity index (χ2v) is 11.0. The number of aromatic nitrogens is 3. The first-order chi connectivity index (χ1) is 19.7. The fraction of sp³-hybridized carbons (Fsp3) is 0.364. The molecule has 2 aliphatic rings. The maximum Gasteiger partial charge on any atom is 0.234 e. The molecule has 7 nitrogen and oxygen atoms in total. The fourth-order valence-corrected chi connectivity index (χ4v) is 5.98. The van der Waals surface area contributed by atoms with Crippen LogP contribution in [-0.2, 0) is 11.4 Å². The Hall–Kier alpha value is -3.97. The summed E-state index contributed by atoms with van der Waals surface area (Å²) in [5.74, 6) is 1.45. The zero-order valence-corrected chi connectivity index (χ0v) is 23.0. The van der Waals surface area contributed by atoms with Crippen LogP contribution in [0.25, 0.3) is 28.2 Å². The number of piperidine rings is 1. The third-order valence-corrected chi connectivity index (χ3v) is 8.23. The number of benzene rings is 2. The minimum Gasteiger partial charge on any atom is -0.489 e. The molecular weight excluding hydrogens is 498 g/mol. The van der Waals surface area contributed by atoms with E-state index in [4.69, 9.17) is 9.72 Å². The SMILES string of the molecule is C=Cc1ncnc2c1c(-c1cccc(OCc3ccccc3)c1)cn2C1CC(CNC(=O)CN2CCCCC2)C1. The van der Waals surface area contributed by atoms with Crippen molar-refractivity contribution in [1.82, 2.24) is 24.8 Å². The van der Waals surface area contributed by atoms with Crippen LogP contribution in [-0.4, -0.2) is 51.5 Å². The first-order valence-electron chi connectivity index (χ1n) is 14.4. The monoisotopic (exact) mass is 535 g/mol. The Labute approximate surface area is 235 Å². The average molecular weight is 536 g/mol. The van der Waals surface area contributed by atoms with Crippen molar-refractivity contribution in [2.75, 3.05) is 26.2 Å². The number of ether oxygens (including phenoxy) is 1. The topological polar surface area (TPSA) is 72.3 Å². The first-order valence-corrected chi connectivity index (χ1v) is 14.4. The number of hydrogen-bond donors (Lipinski definition) is 1. The van der Waals surface area contributed by atoms with Crippen molar-refractivity contribution in [1.29, 1.82) is 0 Å². The maximum absolute atomic E-state index is 12.5. The number of nitrogens with zero attached hydrogens (tertiary/aromatic N) is 4. The second kappa shape index (κ2) is 12.0. The Morgan fingerprint density at radius 1 is 1.05 bits per heavy atom. The van der Waals surface area contributed by atoms with Gasteiger partial charge in [0.15, 0.2) is 0 Å². The molecule has 3 heterocycles. The molecule has 1 saturated carbocycles. The summed E-state index contributed by atoms with van der Waals surface area (Å²) in [5.41, 5.74) is 5.03. The van der Waals surface area contributed by atoms with Crippen molar-refractivity contribution < 1.29 is 9.53 Å². The van der Waals surface area contributed by atoms with Crippen molar-refractivity contribution in [3.8, 4) is 16.9 Å². The minimum absolute atomic E-state index is 0.150. The number of carbonyl (C=O) groups excluding carboxylic acids is 1. The van der Waals surface area contributed by atoms with Gasteiger partial charge in [-0.05, 0) is 74.0 Å². The Bertz CT molecular complexity index is 1470. The van der Waals surface area contributed by atoms with Gasteiger partial charge in [0, 0.05) is 24.3 Å². The van der Waals surface area contributed by atoms with E-state index in [1.54, 1.807) is 12.4 Å². The molecule has 7 heteroatoms. The molecule has 1 amide bonds. The van der Waals surface area contributed by atoms with Gasteiger partial charge in [0.25, 0.3) is 0 Å². The van der Waals surface area contributed by atoms with Gasteiger partial charge in [0.1, 0.15) is 24.3 Å². The van der Waals surface area contributed by atoms with Gasteiger partial charge in [-0.25, -0.2) is 9.97 Å². The molecule has 2 fully saturated rings. The first kappa shape index (κ1) is 26.3. The molecule has 2 aromatic carbocycles. The Kier molecular flexibility index (Phi) is 7.91. The second-order valence-electron chi connectivity index (χ2n) is 11.0. The van der Waals surface area contributed by atoms with E-state index in [1.807, 2.05) is 30.3 Å². The smallest absolute Gasteiger partial charge is 0.234 e. The van der Waals surface area contributed by atoms with Crippen LogP contribution in [0.3, 0.4) is 0 Å². The van der Waals surface area contributed by atoms with Crippen LogP contribution in [0.4, 0.5) is 0 Å².